The van der Waals surface area contributed by atoms with E-state index in [0.29, 0.717) is 6.54 Å². The molecular weight excluding hydrogens is 360 g/mol. The molecule has 2 heterocycles. The van der Waals surface area contributed by atoms with Crippen LogP contribution in [-0.4, -0.2) is 38.7 Å². The minimum absolute atomic E-state index is 0.205. The van der Waals surface area contributed by atoms with Crippen molar-refractivity contribution in [2.75, 3.05) is 42.8 Å². The van der Waals surface area contributed by atoms with Gasteiger partial charge in [0.05, 0.1) is 23.5 Å². The smallest absolute Gasteiger partial charge is 0.127 e. The van der Waals surface area contributed by atoms with Crippen LogP contribution in [0.5, 0.6) is 0 Å². The molecule has 6 heteroatoms. The number of nitrogens with zero attached hydrogens (tertiary/aromatic N) is 2. The zero-order chi connectivity index (χ0) is 18.9. The Labute approximate surface area is 165 Å². The summed E-state index contributed by atoms with van der Waals surface area (Å²) >= 11 is 6.12. The van der Waals surface area contributed by atoms with Gasteiger partial charge in [0, 0.05) is 50.9 Å². The maximum Gasteiger partial charge on any atom is 0.127 e. The Morgan fingerprint density at radius 1 is 1.11 bits per heavy atom. The third-order valence-electron chi connectivity index (χ3n) is 5.25. The zero-order valence-corrected chi connectivity index (χ0v) is 16.5. The Morgan fingerprint density at radius 3 is 2.67 bits per heavy atom. The quantitative estimate of drug-likeness (QED) is 0.823. The molecule has 0 amide bonds. The van der Waals surface area contributed by atoms with E-state index in [9.17, 15) is 0 Å². The number of anilines is 3. The third kappa shape index (κ3) is 3.75. The summed E-state index contributed by atoms with van der Waals surface area (Å²) in [6.45, 7) is 2.06. The van der Waals surface area contributed by atoms with E-state index >= 15 is 0 Å². The van der Waals surface area contributed by atoms with Gasteiger partial charge in [0.25, 0.3) is 0 Å². The van der Waals surface area contributed by atoms with Crippen molar-refractivity contribution >= 4 is 34.5 Å². The van der Waals surface area contributed by atoms with Gasteiger partial charge >= 0.3 is 0 Å². The molecule has 2 aromatic rings. The molecular formula is C21H25ClN4O. The molecule has 2 N–H and O–H groups in total. The molecule has 27 heavy (non-hydrogen) atoms. The summed E-state index contributed by atoms with van der Waals surface area (Å²) in [5, 5.41) is 8.11. The fraction of sp³-hybridized carbons (Fsp3) is 0.381. The Bertz CT molecular complexity index is 859. The van der Waals surface area contributed by atoms with E-state index in [0.717, 1.165) is 59.5 Å². The van der Waals surface area contributed by atoms with Gasteiger partial charge in [0.2, 0.25) is 0 Å². The highest BCUT2D eigenvalue weighted by Gasteiger charge is 2.41. The number of amidine groups is 1. The van der Waals surface area contributed by atoms with Crippen molar-refractivity contribution in [1.29, 1.82) is 0 Å². The second kappa shape index (κ2) is 7.41. The molecule has 5 nitrogen and oxygen atoms in total. The summed E-state index contributed by atoms with van der Waals surface area (Å²) in [4.78, 5) is 7.06. The minimum Gasteiger partial charge on any atom is -0.381 e. The number of hydrogen-bond donors (Lipinski definition) is 2. The fourth-order valence-corrected chi connectivity index (χ4v) is 3.88. The summed E-state index contributed by atoms with van der Waals surface area (Å²) < 4.78 is 5.62. The molecule has 0 unspecified atom stereocenters. The highest BCUT2D eigenvalue weighted by molar-refractivity contribution is 6.30. The third-order valence-corrected chi connectivity index (χ3v) is 5.49. The number of ether oxygens (including phenoxy) is 1. The highest BCUT2D eigenvalue weighted by atomic mass is 35.5. The van der Waals surface area contributed by atoms with Gasteiger partial charge in [-0.1, -0.05) is 23.7 Å². The molecule has 2 aliphatic rings. The van der Waals surface area contributed by atoms with Crippen LogP contribution < -0.4 is 15.5 Å². The van der Waals surface area contributed by atoms with E-state index in [1.54, 1.807) is 0 Å². The van der Waals surface area contributed by atoms with E-state index in [2.05, 4.69) is 39.8 Å². The predicted octanol–water partition coefficient (Wildman–Crippen LogP) is 4.39. The van der Waals surface area contributed by atoms with Gasteiger partial charge in [-0.25, -0.2) is 0 Å². The van der Waals surface area contributed by atoms with Crippen molar-refractivity contribution in [3.8, 4) is 0 Å². The van der Waals surface area contributed by atoms with E-state index in [1.165, 1.54) is 0 Å². The van der Waals surface area contributed by atoms with Crippen LogP contribution in [0.1, 0.15) is 18.4 Å². The van der Waals surface area contributed by atoms with E-state index in [4.69, 9.17) is 21.3 Å². The normalized spacial score (nSPS) is 19.3. The standard InChI is InChI=1S/C21H25ClN4O/c1-26(2)17-6-7-18-19(13-17)24-20(21(25-18)8-10-27-11-9-21)23-14-15-4-3-5-16(22)12-15/h3-7,12-13,25H,8-11,14H2,1-2H3,(H,23,24). The van der Waals surface area contributed by atoms with Crippen LogP contribution in [0.4, 0.5) is 17.1 Å². The number of fused-ring (bicyclic) bond motifs is 1. The molecule has 2 aromatic carbocycles. The van der Waals surface area contributed by atoms with Crippen LogP contribution in [0.3, 0.4) is 0 Å². The van der Waals surface area contributed by atoms with E-state index in [1.807, 2.05) is 32.3 Å². The molecule has 0 radical (unpaired) electrons. The molecule has 0 bridgehead atoms. The van der Waals surface area contributed by atoms with Crippen molar-refractivity contribution in [1.82, 2.24) is 0 Å². The number of benzene rings is 2. The van der Waals surface area contributed by atoms with Crippen LogP contribution in [0.15, 0.2) is 47.5 Å². The summed E-state index contributed by atoms with van der Waals surface area (Å²) in [5.41, 5.74) is 4.23. The van der Waals surface area contributed by atoms with Crippen LogP contribution in [0.2, 0.25) is 5.02 Å². The van der Waals surface area contributed by atoms with Gasteiger partial charge < -0.3 is 20.3 Å². The molecule has 142 valence electrons. The van der Waals surface area contributed by atoms with Crippen molar-refractivity contribution in [2.24, 2.45) is 4.99 Å². The molecule has 0 saturated carbocycles. The average Bonchev–Trinajstić information content (AvgIpc) is 2.66. The lowest BCUT2D eigenvalue weighted by Crippen LogP contribution is -2.55. The van der Waals surface area contributed by atoms with Crippen LogP contribution in [0, 0.1) is 0 Å². The van der Waals surface area contributed by atoms with Crippen LogP contribution >= 0.6 is 11.6 Å². The molecule has 1 fully saturated rings. The van der Waals surface area contributed by atoms with Crippen LogP contribution in [-0.2, 0) is 11.3 Å². The first-order chi connectivity index (χ1) is 13.1. The number of halogens is 1. The lowest BCUT2D eigenvalue weighted by atomic mass is 9.86. The molecule has 0 atom stereocenters. The SMILES string of the molecule is CN(C)c1ccc2c(c1)NC(=NCc1cccc(Cl)c1)C1(CCOCC1)N2. The van der Waals surface area contributed by atoms with Crippen molar-refractivity contribution in [3.63, 3.8) is 0 Å². The Balaban J connectivity index is 1.68. The Morgan fingerprint density at radius 2 is 1.93 bits per heavy atom. The number of rotatable bonds is 3. The molecule has 4 rings (SSSR count). The minimum atomic E-state index is -0.205. The molecule has 0 aliphatic carbocycles. The summed E-state index contributed by atoms with van der Waals surface area (Å²) in [7, 11) is 4.10. The zero-order valence-electron chi connectivity index (χ0n) is 15.8. The second-order valence-corrected chi connectivity index (χ2v) is 7.80. The molecule has 1 spiro atoms. The predicted molar refractivity (Wildman–Crippen MR) is 113 cm³/mol. The maximum absolute atomic E-state index is 6.12. The van der Waals surface area contributed by atoms with Gasteiger partial charge in [-0.05, 0) is 35.9 Å². The van der Waals surface area contributed by atoms with Crippen molar-refractivity contribution in [2.45, 2.75) is 24.9 Å². The molecule has 2 aliphatic heterocycles. The summed E-state index contributed by atoms with van der Waals surface area (Å²) in [6, 6.07) is 14.3. The fourth-order valence-electron chi connectivity index (χ4n) is 3.67. The number of nitrogens with one attached hydrogen (secondary N) is 2. The van der Waals surface area contributed by atoms with Gasteiger partial charge in [-0.15, -0.1) is 0 Å². The van der Waals surface area contributed by atoms with Gasteiger partial charge in [-0.2, -0.15) is 0 Å². The van der Waals surface area contributed by atoms with Crippen molar-refractivity contribution < 1.29 is 4.74 Å². The summed E-state index contributed by atoms with van der Waals surface area (Å²) in [6.07, 6.45) is 1.78. The largest absolute Gasteiger partial charge is 0.381 e. The number of aliphatic imine (C=N–C) groups is 1. The van der Waals surface area contributed by atoms with Gasteiger partial charge in [0.15, 0.2) is 0 Å². The first-order valence-electron chi connectivity index (χ1n) is 9.29. The van der Waals surface area contributed by atoms with E-state index in [-0.39, 0.29) is 5.54 Å². The average molecular weight is 385 g/mol. The monoisotopic (exact) mass is 384 g/mol. The lowest BCUT2D eigenvalue weighted by Gasteiger charge is -2.44. The van der Waals surface area contributed by atoms with Crippen molar-refractivity contribution in [3.05, 3.63) is 53.1 Å². The molecule has 0 aromatic heterocycles. The maximum atomic E-state index is 6.12. The van der Waals surface area contributed by atoms with Gasteiger partial charge in [0.1, 0.15) is 5.84 Å². The lowest BCUT2D eigenvalue weighted by molar-refractivity contribution is 0.0778. The van der Waals surface area contributed by atoms with E-state index < -0.39 is 0 Å². The first-order valence-corrected chi connectivity index (χ1v) is 9.67. The Hall–Kier alpha value is -2.24. The number of hydrogen-bond acceptors (Lipinski definition) is 4. The van der Waals surface area contributed by atoms with Gasteiger partial charge in [-0.3, -0.25) is 4.99 Å². The topological polar surface area (TPSA) is 48.9 Å². The first kappa shape index (κ1) is 18.1. The molecule has 1 saturated heterocycles. The van der Waals surface area contributed by atoms with Crippen LogP contribution in [0.25, 0.3) is 0 Å². The Kier molecular flexibility index (Phi) is 4.98. The summed E-state index contributed by atoms with van der Waals surface area (Å²) in [5.74, 6) is 0.981. The second-order valence-electron chi connectivity index (χ2n) is 7.36. The highest BCUT2D eigenvalue weighted by Crippen LogP contribution is 2.38.